The van der Waals surface area contributed by atoms with Gasteiger partial charge >= 0.3 is 0 Å². The summed E-state index contributed by atoms with van der Waals surface area (Å²) >= 11 is 1.41. The number of terminal acetylenes is 1. The van der Waals surface area contributed by atoms with Crippen molar-refractivity contribution < 1.29 is 14.3 Å². The van der Waals surface area contributed by atoms with Crippen molar-refractivity contribution in [2.45, 2.75) is 20.4 Å². The standard InChI is InChI=1S/C21H20N2O3S/c1-4-14-23-19-17(26-6-3)8-7-9-18(19)27-21(23)22-20(24)15-10-12-16(13-11-15)25-5-2/h1,7-13H,5-6,14H2,2-3H3. The van der Waals surface area contributed by atoms with Crippen LogP contribution in [-0.4, -0.2) is 23.7 Å². The maximum atomic E-state index is 12.6. The summed E-state index contributed by atoms with van der Waals surface area (Å²) in [5, 5.41) is 0. The van der Waals surface area contributed by atoms with Gasteiger partial charge < -0.3 is 14.0 Å². The lowest BCUT2D eigenvalue weighted by atomic mass is 10.2. The lowest BCUT2D eigenvalue weighted by molar-refractivity contribution is 0.0998. The van der Waals surface area contributed by atoms with E-state index in [1.807, 2.05) is 36.6 Å². The normalized spacial score (nSPS) is 11.4. The molecule has 0 atom stereocenters. The number of fused-ring (bicyclic) bond motifs is 1. The zero-order valence-corrected chi connectivity index (χ0v) is 16.1. The average molecular weight is 380 g/mol. The SMILES string of the molecule is C#CCn1c(=NC(=O)c2ccc(OCC)cc2)sc2cccc(OCC)c21. The van der Waals surface area contributed by atoms with Crippen molar-refractivity contribution in [2.24, 2.45) is 4.99 Å². The fourth-order valence-electron chi connectivity index (χ4n) is 2.70. The molecule has 3 rings (SSSR count). The molecule has 6 heteroatoms. The Kier molecular flexibility index (Phi) is 5.94. The number of hydrogen-bond donors (Lipinski definition) is 0. The minimum absolute atomic E-state index is 0.305. The molecular formula is C21H20N2O3S. The summed E-state index contributed by atoms with van der Waals surface area (Å²) in [6.07, 6.45) is 5.54. The summed E-state index contributed by atoms with van der Waals surface area (Å²) in [6.45, 7) is 5.27. The summed E-state index contributed by atoms with van der Waals surface area (Å²) in [5.74, 6) is 3.76. The van der Waals surface area contributed by atoms with Crippen molar-refractivity contribution >= 4 is 27.5 Å². The third-order valence-electron chi connectivity index (χ3n) is 3.82. The molecule has 1 amide bonds. The Bertz CT molecular complexity index is 1060. The number of benzene rings is 2. The van der Waals surface area contributed by atoms with Gasteiger partial charge in [-0.3, -0.25) is 4.79 Å². The van der Waals surface area contributed by atoms with Crippen molar-refractivity contribution in [3.8, 4) is 23.8 Å². The molecule has 0 aliphatic carbocycles. The molecule has 0 bridgehead atoms. The first-order chi connectivity index (χ1) is 13.2. The van der Waals surface area contributed by atoms with Gasteiger partial charge in [-0.15, -0.1) is 6.42 Å². The van der Waals surface area contributed by atoms with E-state index < -0.39 is 0 Å². The second kappa shape index (κ2) is 8.56. The molecule has 0 aliphatic heterocycles. The summed E-state index contributed by atoms with van der Waals surface area (Å²) in [4.78, 5) is 17.5. The molecule has 2 aromatic carbocycles. The Morgan fingerprint density at radius 1 is 1.15 bits per heavy atom. The van der Waals surface area contributed by atoms with Crippen molar-refractivity contribution in [3.63, 3.8) is 0 Å². The number of carbonyl (C=O) groups excluding carboxylic acids is 1. The Hall–Kier alpha value is -3.04. The third-order valence-corrected chi connectivity index (χ3v) is 4.87. The van der Waals surface area contributed by atoms with Gasteiger partial charge in [0.15, 0.2) is 4.80 Å². The van der Waals surface area contributed by atoms with Crippen LogP contribution in [-0.2, 0) is 6.54 Å². The van der Waals surface area contributed by atoms with Gasteiger partial charge in [0, 0.05) is 5.56 Å². The van der Waals surface area contributed by atoms with Gasteiger partial charge in [-0.2, -0.15) is 4.99 Å². The van der Waals surface area contributed by atoms with E-state index in [4.69, 9.17) is 15.9 Å². The van der Waals surface area contributed by atoms with E-state index in [1.54, 1.807) is 24.3 Å². The van der Waals surface area contributed by atoms with Gasteiger partial charge in [-0.05, 0) is 50.2 Å². The fraction of sp³-hybridized carbons (Fsp3) is 0.238. The van der Waals surface area contributed by atoms with Crippen LogP contribution in [0.1, 0.15) is 24.2 Å². The highest BCUT2D eigenvalue weighted by Crippen LogP contribution is 2.27. The molecule has 0 unspecified atom stereocenters. The van der Waals surface area contributed by atoms with E-state index in [0.717, 1.165) is 21.7 Å². The molecule has 3 aromatic rings. The second-order valence-corrected chi connectivity index (χ2v) is 6.59. The lowest BCUT2D eigenvalue weighted by Crippen LogP contribution is -2.17. The number of thiazole rings is 1. The predicted octanol–water partition coefficient (Wildman–Crippen LogP) is 3.87. The molecule has 0 saturated carbocycles. The summed E-state index contributed by atoms with van der Waals surface area (Å²) in [6, 6.07) is 12.7. The minimum Gasteiger partial charge on any atom is -0.494 e. The molecule has 138 valence electrons. The molecule has 1 aromatic heterocycles. The van der Waals surface area contributed by atoms with Crippen LogP contribution in [0.25, 0.3) is 10.2 Å². The topological polar surface area (TPSA) is 52.8 Å². The smallest absolute Gasteiger partial charge is 0.279 e. The van der Waals surface area contributed by atoms with E-state index in [1.165, 1.54) is 11.3 Å². The number of amides is 1. The van der Waals surface area contributed by atoms with E-state index in [2.05, 4.69) is 10.9 Å². The van der Waals surface area contributed by atoms with Crippen LogP contribution in [0, 0.1) is 12.3 Å². The molecule has 0 N–H and O–H groups in total. The highest BCUT2D eigenvalue weighted by molar-refractivity contribution is 7.16. The minimum atomic E-state index is -0.326. The van der Waals surface area contributed by atoms with E-state index >= 15 is 0 Å². The quantitative estimate of drug-likeness (QED) is 0.610. The zero-order valence-electron chi connectivity index (χ0n) is 15.3. The van der Waals surface area contributed by atoms with E-state index in [-0.39, 0.29) is 5.91 Å². The average Bonchev–Trinajstić information content (AvgIpc) is 3.01. The molecule has 1 heterocycles. The Morgan fingerprint density at radius 3 is 2.56 bits per heavy atom. The summed E-state index contributed by atoms with van der Waals surface area (Å²) in [5.41, 5.74) is 1.36. The van der Waals surface area contributed by atoms with E-state index in [9.17, 15) is 4.79 Å². The van der Waals surface area contributed by atoms with Crippen LogP contribution in [0.5, 0.6) is 11.5 Å². The van der Waals surface area contributed by atoms with Gasteiger partial charge in [0.2, 0.25) is 0 Å². The van der Waals surface area contributed by atoms with Gasteiger partial charge in [0.05, 0.1) is 24.5 Å². The first-order valence-electron chi connectivity index (χ1n) is 8.68. The number of nitrogens with zero attached hydrogens (tertiary/aromatic N) is 2. The second-order valence-electron chi connectivity index (χ2n) is 5.59. The van der Waals surface area contributed by atoms with Crippen molar-refractivity contribution in [3.05, 3.63) is 52.8 Å². The van der Waals surface area contributed by atoms with Crippen LogP contribution in [0.15, 0.2) is 47.5 Å². The monoisotopic (exact) mass is 380 g/mol. The molecule has 0 spiro atoms. The molecule has 0 radical (unpaired) electrons. The van der Waals surface area contributed by atoms with Crippen LogP contribution < -0.4 is 14.3 Å². The number of rotatable bonds is 6. The van der Waals surface area contributed by atoms with Gasteiger partial charge in [-0.1, -0.05) is 23.3 Å². The highest BCUT2D eigenvalue weighted by atomic mass is 32.1. The third kappa shape index (κ3) is 4.04. The molecular weight excluding hydrogens is 360 g/mol. The molecule has 0 saturated heterocycles. The van der Waals surface area contributed by atoms with Crippen molar-refractivity contribution in [2.75, 3.05) is 13.2 Å². The largest absolute Gasteiger partial charge is 0.494 e. The molecule has 0 fully saturated rings. The van der Waals surface area contributed by atoms with E-state index in [0.29, 0.717) is 30.1 Å². The first kappa shape index (κ1) is 18.7. The Morgan fingerprint density at radius 2 is 1.89 bits per heavy atom. The highest BCUT2D eigenvalue weighted by Gasteiger charge is 2.13. The number of hydrogen-bond acceptors (Lipinski definition) is 4. The summed E-state index contributed by atoms with van der Waals surface area (Å²) < 4.78 is 13.9. The molecule has 5 nitrogen and oxygen atoms in total. The molecule has 0 aliphatic rings. The fourth-order valence-corrected chi connectivity index (χ4v) is 3.75. The first-order valence-corrected chi connectivity index (χ1v) is 9.50. The van der Waals surface area contributed by atoms with Gasteiger partial charge in [0.1, 0.15) is 17.0 Å². The Balaban J connectivity index is 2.07. The maximum absolute atomic E-state index is 12.6. The summed E-state index contributed by atoms with van der Waals surface area (Å²) in [7, 11) is 0. The van der Waals surface area contributed by atoms with Crippen LogP contribution in [0.3, 0.4) is 0 Å². The van der Waals surface area contributed by atoms with Crippen molar-refractivity contribution in [1.82, 2.24) is 4.57 Å². The number of para-hydroxylation sites is 1. The van der Waals surface area contributed by atoms with Crippen LogP contribution >= 0.6 is 11.3 Å². The lowest BCUT2D eigenvalue weighted by Gasteiger charge is -2.07. The van der Waals surface area contributed by atoms with Gasteiger partial charge in [-0.25, -0.2) is 0 Å². The van der Waals surface area contributed by atoms with Crippen LogP contribution in [0.4, 0.5) is 0 Å². The number of aromatic nitrogens is 1. The van der Waals surface area contributed by atoms with Gasteiger partial charge in [0.25, 0.3) is 5.91 Å². The Labute approximate surface area is 161 Å². The van der Waals surface area contributed by atoms with Crippen LogP contribution in [0.2, 0.25) is 0 Å². The molecule has 27 heavy (non-hydrogen) atoms. The maximum Gasteiger partial charge on any atom is 0.279 e. The number of carbonyl (C=O) groups is 1. The van der Waals surface area contributed by atoms with Crippen molar-refractivity contribution in [1.29, 1.82) is 0 Å². The zero-order chi connectivity index (χ0) is 19.2. The predicted molar refractivity (Wildman–Crippen MR) is 107 cm³/mol. The number of ether oxygens (including phenoxy) is 2.